The Morgan fingerprint density at radius 1 is 1.17 bits per heavy atom. The Bertz CT molecular complexity index is 1200. The lowest BCUT2D eigenvalue weighted by Crippen LogP contribution is -2.39. The Morgan fingerprint density at radius 3 is 2.49 bits per heavy atom. The summed E-state index contributed by atoms with van der Waals surface area (Å²) < 4.78 is 45.5. The lowest BCUT2D eigenvalue weighted by molar-refractivity contribution is 0.0975. The van der Waals surface area contributed by atoms with E-state index in [-0.39, 0.29) is 23.4 Å². The molecule has 2 aliphatic rings. The summed E-state index contributed by atoms with van der Waals surface area (Å²) >= 11 is 12.4. The molecule has 1 N–H and O–H groups in total. The molecule has 190 valence electrons. The van der Waals surface area contributed by atoms with Crippen LogP contribution in [-0.4, -0.2) is 45.2 Å². The van der Waals surface area contributed by atoms with E-state index in [0.29, 0.717) is 22.4 Å². The standard InChI is InChI=1S/C25H29Cl2FN2O4S/c1-15(18-8-19(26)10-20(27)9-18)30-7-3-4-16(13-30)14-34-24-12-23(28)22(11-21(24)17-5-6-17)25(31)29-35(2,32)33/h8-12,15-17H,3-7,13-14H2,1-2H3,(H,29,31)/t15-,16?/m1/s1. The van der Waals surface area contributed by atoms with Gasteiger partial charge >= 0.3 is 0 Å². The molecule has 1 aliphatic carbocycles. The number of benzene rings is 2. The van der Waals surface area contributed by atoms with Gasteiger partial charge in [-0.25, -0.2) is 17.5 Å². The van der Waals surface area contributed by atoms with Gasteiger partial charge < -0.3 is 4.74 Å². The van der Waals surface area contributed by atoms with E-state index in [1.807, 2.05) is 16.9 Å². The SMILES string of the molecule is C[C@H](c1cc(Cl)cc(Cl)c1)N1CCCC(COc2cc(F)c(C(=O)NS(C)(=O)=O)cc2C2CC2)C1. The third kappa shape index (κ3) is 6.88. The number of nitrogens with zero attached hydrogens (tertiary/aromatic N) is 1. The average Bonchev–Trinajstić information content (AvgIpc) is 3.61. The minimum Gasteiger partial charge on any atom is -0.493 e. The van der Waals surface area contributed by atoms with Crippen molar-refractivity contribution in [3.63, 3.8) is 0 Å². The number of ether oxygens (including phenoxy) is 1. The molecule has 1 aliphatic heterocycles. The van der Waals surface area contributed by atoms with Crippen LogP contribution in [0.15, 0.2) is 30.3 Å². The normalized spacial score (nSPS) is 19.9. The van der Waals surface area contributed by atoms with Crippen molar-refractivity contribution in [2.75, 3.05) is 26.0 Å². The molecule has 6 nitrogen and oxygen atoms in total. The number of piperidine rings is 1. The Labute approximate surface area is 215 Å². The molecular formula is C25H29Cl2FN2O4S. The van der Waals surface area contributed by atoms with Crippen LogP contribution >= 0.6 is 23.2 Å². The summed E-state index contributed by atoms with van der Waals surface area (Å²) in [7, 11) is -3.79. The van der Waals surface area contributed by atoms with Crippen LogP contribution in [-0.2, 0) is 10.0 Å². The first-order valence-electron chi connectivity index (χ1n) is 11.7. The van der Waals surface area contributed by atoms with Gasteiger partial charge in [-0.2, -0.15) is 0 Å². The van der Waals surface area contributed by atoms with E-state index >= 15 is 0 Å². The minimum atomic E-state index is -3.79. The number of carbonyl (C=O) groups is 1. The molecule has 0 bridgehead atoms. The molecule has 0 spiro atoms. The molecule has 0 aromatic heterocycles. The summed E-state index contributed by atoms with van der Waals surface area (Å²) in [4.78, 5) is 14.6. The van der Waals surface area contributed by atoms with Gasteiger partial charge in [0.15, 0.2) is 0 Å². The Balaban J connectivity index is 1.45. The zero-order chi connectivity index (χ0) is 25.3. The molecule has 2 aromatic carbocycles. The van der Waals surface area contributed by atoms with Gasteiger partial charge in [-0.1, -0.05) is 23.2 Å². The molecule has 1 saturated heterocycles. The van der Waals surface area contributed by atoms with Crippen molar-refractivity contribution in [1.82, 2.24) is 9.62 Å². The molecule has 1 saturated carbocycles. The van der Waals surface area contributed by atoms with Crippen molar-refractivity contribution < 1.29 is 22.3 Å². The molecule has 1 unspecified atom stereocenters. The predicted octanol–water partition coefficient (Wildman–Crippen LogP) is 5.55. The van der Waals surface area contributed by atoms with E-state index in [1.165, 1.54) is 12.1 Å². The van der Waals surface area contributed by atoms with E-state index in [1.54, 1.807) is 6.07 Å². The van der Waals surface area contributed by atoms with Gasteiger partial charge in [0.25, 0.3) is 5.91 Å². The third-order valence-electron chi connectivity index (χ3n) is 6.58. The smallest absolute Gasteiger partial charge is 0.267 e. The molecule has 4 rings (SSSR count). The predicted molar refractivity (Wildman–Crippen MR) is 135 cm³/mol. The van der Waals surface area contributed by atoms with Gasteiger partial charge in [0, 0.05) is 34.6 Å². The van der Waals surface area contributed by atoms with Gasteiger partial charge in [-0.15, -0.1) is 0 Å². The van der Waals surface area contributed by atoms with Gasteiger partial charge in [0.1, 0.15) is 11.6 Å². The van der Waals surface area contributed by atoms with Crippen LogP contribution in [0.1, 0.15) is 66.1 Å². The van der Waals surface area contributed by atoms with E-state index < -0.39 is 21.7 Å². The molecule has 1 heterocycles. The van der Waals surface area contributed by atoms with Crippen molar-refractivity contribution in [1.29, 1.82) is 0 Å². The average molecular weight is 543 g/mol. The Kier molecular flexibility index (Phi) is 7.95. The van der Waals surface area contributed by atoms with Crippen molar-refractivity contribution in [3.05, 3.63) is 62.9 Å². The number of amides is 1. The second-order valence-corrected chi connectivity index (χ2v) is 12.2. The number of halogens is 3. The number of likely N-dealkylation sites (tertiary alicyclic amines) is 1. The summed E-state index contributed by atoms with van der Waals surface area (Å²) in [5, 5.41) is 1.22. The second-order valence-electron chi connectivity index (χ2n) is 9.54. The van der Waals surface area contributed by atoms with Gasteiger partial charge in [-0.3, -0.25) is 9.69 Å². The van der Waals surface area contributed by atoms with Crippen LogP contribution in [0.5, 0.6) is 5.75 Å². The fraction of sp³-hybridized carbons (Fsp3) is 0.480. The highest BCUT2D eigenvalue weighted by Crippen LogP contribution is 2.45. The van der Waals surface area contributed by atoms with E-state index in [0.717, 1.165) is 56.2 Å². The van der Waals surface area contributed by atoms with Crippen LogP contribution in [0.2, 0.25) is 10.0 Å². The highest BCUT2D eigenvalue weighted by molar-refractivity contribution is 7.89. The summed E-state index contributed by atoms with van der Waals surface area (Å²) in [6.45, 7) is 4.33. The van der Waals surface area contributed by atoms with Crippen molar-refractivity contribution in [3.8, 4) is 5.75 Å². The van der Waals surface area contributed by atoms with Gasteiger partial charge in [0.05, 0.1) is 18.4 Å². The highest BCUT2D eigenvalue weighted by atomic mass is 35.5. The van der Waals surface area contributed by atoms with Crippen LogP contribution in [0.25, 0.3) is 0 Å². The summed E-state index contributed by atoms with van der Waals surface area (Å²) in [5.74, 6) is -0.915. The maximum atomic E-state index is 14.8. The lowest BCUT2D eigenvalue weighted by atomic mass is 9.95. The quantitative estimate of drug-likeness (QED) is 0.473. The first-order chi connectivity index (χ1) is 16.5. The van der Waals surface area contributed by atoms with Crippen molar-refractivity contribution >= 4 is 39.1 Å². The lowest BCUT2D eigenvalue weighted by Gasteiger charge is -2.37. The molecule has 10 heteroatoms. The van der Waals surface area contributed by atoms with E-state index in [9.17, 15) is 17.6 Å². The van der Waals surface area contributed by atoms with Crippen LogP contribution in [0.3, 0.4) is 0 Å². The third-order valence-corrected chi connectivity index (χ3v) is 7.57. The molecular weight excluding hydrogens is 514 g/mol. The molecule has 35 heavy (non-hydrogen) atoms. The van der Waals surface area contributed by atoms with Crippen LogP contribution in [0, 0.1) is 11.7 Å². The second kappa shape index (κ2) is 10.6. The first-order valence-corrected chi connectivity index (χ1v) is 14.3. The summed E-state index contributed by atoms with van der Waals surface area (Å²) in [6.07, 6.45) is 4.71. The summed E-state index contributed by atoms with van der Waals surface area (Å²) in [5.41, 5.74) is 1.52. The summed E-state index contributed by atoms with van der Waals surface area (Å²) in [6, 6.07) is 8.37. The van der Waals surface area contributed by atoms with Gasteiger partial charge in [0.2, 0.25) is 10.0 Å². The van der Waals surface area contributed by atoms with E-state index in [2.05, 4.69) is 11.8 Å². The number of nitrogens with one attached hydrogen (secondary N) is 1. The van der Waals surface area contributed by atoms with Crippen molar-refractivity contribution in [2.45, 2.75) is 44.6 Å². The minimum absolute atomic E-state index is 0.140. The monoisotopic (exact) mass is 542 g/mol. The largest absolute Gasteiger partial charge is 0.493 e. The number of rotatable bonds is 8. The Morgan fingerprint density at radius 2 is 1.86 bits per heavy atom. The zero-order valence-electron chi connectivity index (χ0n) is 19.7. The number of sulfonamides is 1. The molecule has 2 fully saturated rings. The zero-order valence-corrected chi connectivity index (χ0v) is 22.0. The first kappa shape index (κ1) is 26.2. The van der Waals surface area contributed by atoms with E-state index in [4.69, 9.17) is 27.9 Å². The molecule has 1 amide bonds. The number of hydrogen-bond donors (Lipinski definition) is 1. The van der Waals surface area contributed by atoms with Crippen LogP contribution in [0.4, 0.5) is 4.39 Å². The fourth-order valence-corrected chi connectivity index (χ4v) is 5.62. The maximum Gasteiger partial charge on any atom is 0.267 e. The highest BCUT2D eigenvalue weighted by Gasteiger charge is 2.31. The van der Waals surface area contributed by atoms with Gasteiger partial charge in [-0.05, 0) is 80.5 Å². The van der Waals surface area contributed by atoms with Crippen molar-refractivity contribution in [2.24, 2.45) is 5.92 Å². The van der Waals surface area contributed by atoms with Crippen LogP contribution < -0.4 is 9.46 Å². The molecule has 2 atom stereocenters. The molecule has 0 radical (unpaired) electrons. The number of carbonyl (C=O) groups excluding carboxylic acids is 1. The number of hydrogen-bond acceptors (Lipinski definition) is 5. The molecule has 2 aromatic rings. The Hall–Kier alpha value is -1.87. The fourth-order valence-electron chi connectivity index (χ4n) is 4.63. The topological polar surface area (TPSA) is 75.7 Å². The maximum absolute atomic E-state index is 14.8.